The van der Waals surface area contributed by atoms with Gasteiger partial charge in [-0.1, -0.05) is 0 Å². The van der Waals surface area contributed by atoms with Gasteiger partial charge in [-0.05, 0) is 30.3 Å². The van der Waals surface area contributed by atoms with Crippen molar-refractivity contribution in [3.8, 4) is 28.3 Å². The number of aromatic nitrogens is 5. The molecule has 0 unspecified atom stereocenters. The molecule has 0 bridgehead atoms. The Hall–Kier alpha value is -3.36. The lowest BCUT2D eigenvalue weighted by atomic mass is 9.99. The standard InChI is InChI=1S/C20H14F3N5O/c21-12-3-1-11(2-4-12)16-15(13-5-6-24-17-14(13)7-25-26-17)18-28(27-16)9-19(10-29-18)8-20(19,22)23/h1-7H,8-10H2,(H,24,25,26)/t19-/m1/s1. The van der Waals surface area contributed by atoms with E-state index in [1.807, 2.05) is 6.07 Å². The van der Waals surface area contributed by atoms with Crippen molar-refractivity contribution in [2.75, 3.05) is 6.61 Å². The lowest BCUT2D eigenvalue weighted by molar-refractivity contribution is 0.0154. The van der Waals surface area contributed by atoms with E-state index < -0.39 is 11.3 Å². The number of benzene rings is 1. The van der Waals surface area contributed by atoms with Gasteiger partial charge in [-0.2, -0.15) is 10.2 Å². The van der Waals surface area contributed by atoms with Crippen LogP contribution < -0.4 is 4.74 Å². The summed E-state index contributed by atoms with van der Waals surface area (Å²) in [7, 11) is 0. The van der Waals surface area contributed by atoms with E-state index in [1.165, 1.54) is 16.8 Å². The molecule has 0 amide bonds. The molecule has 1 spiro atoms. The lowest BCUT2D eigenvalue weighted by Crippen LogP contribution is -2.31. The van der Waals surface area contributed by atoms with Crippen LogP contribution in [0, 0.1) is 11.2 Å². The maximum absolute atomic E-state index is 13.9. The molecular weight excluding hydrogens is 383 g/mol. The average molecular weight is 397 g/mol. The summed E-state index contributed by atoms with van der Waals surface area (Å²) >= 11 is 0. The van der Waals surface area contributed by atoms with Crippen molar-refractivity contribution < 1.29 is 17.9 Å². The van der Waals surface area contributed by atoms with E-state index in [-0.39, 0.29) is 25.4 Å². The number of rotatable bonds is 2. The summed E-state index contributed by atoms with van der Waals surface area (Å²) in [4.78, 5) is 4.26. The SMILES string of the molecule is Fc1ccc(-c2nn3c(c2-c2ccnc4[nH]ncc24)OC[C@]2(C3)CC2(F)F)cc1. The zero-order valence-electron chi connectivity index (χ0n) is 15.0. The molecule has 1 aliphatic carbocycles. The molecule has 4 aromatic rings. The molecule has 1 saturated carbocycles. The maximum Gasteiger partial charge on any atom is 0.259 e. The first kappa shape index (κ1) is 16.6. The number of H-pyrrole nitrogens is 1. The van der Waals surface area contributed by atoms with Gasteiger partial charge in [0.25, 0.3) is 5.92 Å². The molecular formula is C20H14F3N5O. The van der Waals surface area contributed by atoms with E-state index in [1.54, 1.807) is 24.5 Å². The molecule has 1 aliphatic heterocycles. The lowest BCUT2D eigenvalue weighted by Gasteiger charge is -2.24. The van der Waals surface area contributed by atoms with Crippen LogP contribution in [0.5, 0.6) is 5.88 Å². The number of hydrogen-bond acceptors (Lipinski definition) is 4. The van der Waals surface area contributed by atoms with Crippen molar-refractivity contribution in [3.05, 3.63) is 48.5 Å². The fraction of sp³-hybridized carbons (Fsp3) is 0.250. The van der Waals surface area contributed by atoms with Crippen molar-refractivity contribution in [3.63, 3.8) is 0 Å². The van der Waals surface area contributed by atoms with E-state index in [2.05, 4.69) is 20.3 Å². The van der Waals surface area contributed by atoms with Gasteiger partial charge >= 0.3 is 0 Å². The summed E-state index contributed by atoms with van der Waals surface area (Å²) in [6, 6.07) is 7.72. The molecule has 0 saturated heterocycles. The van der Waals surface area contributed by atoms with E-state index in [9.17, 15) is 13.2 Å². The van der Waals surface area contributed by atoms with Crippen LogP contribution in [0.4, 0.5) is 13.2 Å². The van der Waals surface area contributed by atoms with Crippen LogP contribution in [-0.4, -0.2) is 37.5 Å². The van der Waals surface area contributed by atoms with Crippen LogP contribution in [-0.2, 0) is 6.54 Å². The fourth-order valence-electron chi connectivity index (χ4n) is 4.07. The van der Waals surface area contributed by atoms with E-state index in [0.717, 1.165) is 10.9 Å². The highest BCUT2D eigenvalue weighted by Gasteiger charge is 2.73. The van der Waals surface area contributed by atoms with Gasteiger partial charge in [0.15, 0.2) is 5.65 Å². The molecule has 1 atom stereocenters. The van der Waals surface area contributed by atoms with Crippen LogP contribution in [0.1, 0.15) is 6.42 Å². The van der Waals surface area contributed by atoms with Crippen LogP contribution in [0.3, 0.4) is 0 Å². The van der Waals surface area contributed by atoms with Crippen LogP contribution in [0.25, 0.3) is 33.4 Å². The minimum absolute atomic E-state index is 0.0683. The number of ether oxygens (including phenoxy) is 1. The zero-order chi connectivity index (χ0) is 19.8. The Balaban J connectivity index is 1.59. The second-order valence-corrected chi connectivity index (χ2v) is 7.63. The van der Waals surface area contributed by atoms with Crippen molar-refractivity contribution in [2.45, 2.75) is 18.9 Å². The normalized spacial score (nSPS) is 21.9. The number of nitrogens with zero attached hydrogens (tertiary/aromatic N) is 4. The number of aromatic amines is 1. The Morgan fingerprint density at radius 3 is 2.69 bits per heavy atom. The number of pyridine rings is 1. The fourth-order valence-corrected chi connectivity index (χ4v) is 4.07. The minimum Gasteiger partial charge on any atom is -0.476 e. The predicted octanol–water partition coefficient (Wildman–Crippen LogP) is 4.05. The first-order valence-electron chi connectivity index (χ1n) is 9.13. The molecule has 0 radical (unpaired) electrons. The first-order chi connectivity index (χ1) is 14.0. The minimum atomic E-state index is -2.75. The summed E-state index contributed by atoms with van der Waals surface area (Å²) in [6.07, 6.45) is 3.07. The third kappa shape index (κ3) is 2.27. The average Bonchev–Trinajstić information content (AvgIpc) is 3.09. The van der Waals surface area contributed by atoms with E-state index in [0.29, 0.717) is 28.3 Å². The second-order valence-electron chi connectivity index (χ2n) is 7.63. The molecule has 2 aliphatic rings. The number of hydrogen-bond donors (Lipinski definition) is 1. The topological polar surface area (TPSA) is 68.6 Å². The number of nitrogens with one attached hydrogen (secondary N) is 1. The molecule has 1 fully saturated rings. The Bertz CT molecular complexity index is 1260. The van der Waals surface area contributed by atoms with Gasteiger partial charge in [-0.25, -0.2) is 22.8 Å². The third-order valence-electron chi connectivity index (χ3n) is 5.80. The number of alkyl halides is 2. The van der Waals surface area contributed by atoms with Gasteiger partial charge in [0.2, 0.25) is 5.88 Å². The van der Waals surface area contributed by atoms with Gasteiger partial charge in [0.05, 0.1) is 23.7 Å². The monoisotopic (exact) mass is 397 g/mol. The first-order valence-corrected chi connectivity index (χ1v) is 9.13. The van der Waals surface area contributed by atoms with Crippen LogP contribution in [0.2, 0.25) is 0 Å². The predicted molar refractivity (Wildman–Crippen MR) is 98.0 cm³/mol. The van der Waals surface area contributed by atoms with Crippen molar-refractivity contribution >= 4 is 11.0 Å². The Labute approximate surface area is 162 Å². The summed E-state index contributed by atoms with van der Waals surface area (Å²) in [5.74, 6) is -2.69. The van der Waals surface area contributed by atoms with Crippen molar-refractivity contribution in [2.24, 2.45) is 5.41 Å². The second kappa shape index (κ2) is 5.37. The summed E-state index contributed by atoms with van der Waals surface area (Å²) < 4.78 is 48.7. The highest BCUT2D eigenvalue weighted by atomic mass is 19.3. The maximum atomic E-state index is 13.9. The highest BCUT2D eigenvalue weighted by Crippen LogP contribution is 2.63. The van der Waals surface area contributed by atoms with Crippen LogP contribution >= 0.6 is 0 Å². The smallest absolute Gasteiger partial charge is 0.259 e. The van der Waals surface area contributed by atoms with Gasteiger partial charge in [-0.15, -0.1) is 0 Å². The molecule has 1 aromatic carbocycles. The molecule has 29 heavy (non-hydrogen) atoms. The quantitative estimate of drug-likeness (QED) is 0.554. The Morgan fingerprint density at radius 2 is 1.93 bits per heavy atom. The number of fused-ring (bicyclic) bond motifs is 2. The Morgan fingerprint density at radius 1 is 1.14 bits per heavy atom. The summed E-state index contributed by atoms with van der Waals surface area (Å²) in [5, 5.41) is 12.2. The molecule has 6 rings (SSSR count). The summed E-state index contributed by atoms with van der Waals surface area (Å²) in [5.41, 5.74) is 2.01. The Kier molecular flexibility index (Phi) is 3.07. The molecule has 6 nitrogen and oxygen atoms in total. The van der Waals surface area contributed by atoms with E-state index >= 15 is 0 Å². The number of halogens is 3. The molecule has 9 heteroatoms. The molecule has 3 aromatic heterocycles. The largest absolute Gasteiger partial charge is 0.476 e. The van der Waals surface area contributed by atoms with Gasteiger partial charge in [0.1, 0.15) is 18.1 Å². The molecule has 146 valence electrons. The van der Waals surface area contributed by atoms with Gasteiger partial charge in [0, 0.05) is 29.1 Å². The van der Waals surface area contributed by atoms with Crippen LogP contribution in [0.15, 0.2) is 42.7 Å². The van der Waals surface area contributed by atoms with Gasteiger partial charge in [-0.3, -0.25) is 5.10 Å². The third-order valence-corrected chi connectivity index (χ3v) is 5.80. The summed E-state index contributed by atoms with van der Waals surface area (Å²) in [6.45, 7) is 0.00427. The van der Waals surface area contributed by atoms with E-state index in [4.69, 9.17) is 4.74 Å². The van der Waals surface area contributed by atoms with Gasteiger partial charge < -0.3 is 4.74 Å². The van der Waals surface area contributed by atoms with Crippen molar-refractivity contribution in [1.82, 2.24) is 25.0 Å². The van der Waals surface area contributed by atoms with Crippen molar-refractivity contribution in [1.29, 1.82) is 0 Å². The molecule has 1 N–H and O–H groups in total. The highest BCUT2D eigenvalue weighted by molar-refractivity contribution is 5.98. The zero-order valence-corrected chi connectivity index (χ0v) is 15.0. The molecule has 4 heterocycles.